The molecule has 5 nitrogen and oxygen atoms in total. The Balaban J connectivity index is 2.06. The first kappa shape index (κ1) is 17.2. The van der Waals surface area contributed by atoms with E-state index in [1.165, 1.54) is 5.56 Å². The van der Waals surface area contributed by atoms with E-state index in [1.807, 2.05) is 31.2 Å². The molecule has 1 aromatic heterocycles. The average Bonchev–Trinajstić information content (AvgIpc) is 2.76. The van der Waals surface area contributed by atoms with Crippen LogP contribution in [0.1, 0.15) is 54.3 Å². The topological polar surface area (TPSA) is 63.4 Å². The minimum absolute atomic E-state index is 0.133. The average molecular weight is 348 g/mol. The van der Waals surface area contributed by atoms with Gasteiger partial charge >= 0.3 is 0 Å². The smallest absolute Gasteiger partial charge is 0.249 e. The van der Waals surface area contributed by atoms with Crippen LogP contribution in [-0.4, -0.2) is 24.4 Å². The molecular formula is C18H24N2O3S. The van der Waals surface area contributed by atoms with Gasteiger partial charge in [0.05, 0.1) is 6.04 Å². The molecule has 2 aromatic rings. The van der Waals surface area contributed by atoms with E-state index >= 15 is 0 Å². The zero-order chi connectivity index (χ0) is 17.3. The third-order valence-corrected chi connectivity index (χ3v) is 6.85. The number of hydrogen-bond acceptors (Lipinski definition) is 4. The van der Waals surface area contributed by atoms with Crippen molar-refractivity contribution in [2.45, 2.75) is 57.4 Å². The molecular weight excluding hydrogens is 324 g/mol. The molecule has 0 N–H and O–H groups in total. The second-order valence-electron chi connectivity index (χ2n) is 6.54. The van der Waals surface area contributed by atoms with Crippen LogP contribution in [0.3, 0.4) is 0 Å². The maximum atomic E-state index is 13.3. The number of rotatable bonds is 3. The van der Waals surface area contributed by atoms with E-state index < -0.39 is 10.0 Å². The van der Waals surface area contributed by atoms with Crippen molar-refractivity contribution in [2.75, 3.05) is 6.54 Å². The summed E-state index contributed by atoms with van der Waals surface area (Å²) in [5.41, 5.74) is 2.66. The van der Waals surface area contributed by atoms with Gasteiger partial charge in [0.1, 0.15) is 10.6 Å². The maximum absolute atomic E-state index is 13.3. The van der Waals surface area contributed by atoms with Crippen molar-refractivity contribution in [1.82, 2.24) is 9.46 Å². The zero-order valence-corrected chi connectivity index (χ0v) is 15.3. The van der Waals surface area contributed by atoms with Crippen LogP contribution < -0.4 is 0 Å². The lowest BCUT2D eigenvalue weighted by molar-refractivity contribution is 0.327. The second kappa shape index (κ2) is 6.69. The summed E-state index contributed by atoms with van der Waals surface area (Å²) >= 11 is 0. The van der Waals surface area contributed by atoms with E-state index in [0.29, 0.717) is 18.0 Å². The van der Waals surface area contributed by atoms with Gasteiger partial charge in [-0.3, -0.25) is 0 Å². The van der Waals surface area contributed by atoms with Gasteiger partial charge in [-0.1, -0.05) is 47.8 Å². The van der Waals surface area contributed by atoms with E-state index in [9.17, 15) is 8.42 Å². The molecule has 0 aliphatic carbocycles. The molecule has 0 amide bonds. The minimum atomic E-state index is -3.63. The first-order valence-electron chi connectivity index (χ1n) is 8.42. The van der Waals surface area contributed by atoms with Gasteiger partial charge in [0.25, 0.3) is 0 Å². The van der Waals surface area contributed by atoms with Crippen LogP contribution in [0.4, 0.5) is 0 Å². The summed E-state index contributed by atoms with van der Waals surface area (Å²) in [4.78, 5) is 0.224. The summed E-state index contributed by atoms with van der Waals surface area (Å²) in [5.74, 6) is 0.361. The van der Waals surface area contributed by atoms with Gasteiger partial charge in [-0.25, -0.2) is 8.42 Å². The Kier molecular flexibility index (Phi) is 4.78. The number of benzene rings is 1. The largest absolute Gasteiger partial charge is 0.360 e. The third-order valence-electron chi connectivity index (χ3n) is 4.70. The van der Waals surface area contributed by atoms with Crippen LogP contribution in [0.5, 0.6) is 0 Å². The van der Waals surface area contributed by atoms with E-state index in [4.69, 9.17) is 4.52 Å². The molecule has 0 saturated carbocycles. The van der Waals surface area contributed by atoms with Gasteiger partial charge in [0, 0.05) is 6.54 Å². The van der Waals surface area contributed by atoms with Crippen molar-refractivity contribution in [3.05, 3.63) is 46.8 Å². The Morgan fingerprint density at radius 3 is 2.42 bits per heavy atom. The van der Waals surface area contributed by atoms with Crippen LogP contribution >= 0.6 is 0 Å². The highest BCUT2D eigenvalue weighted by Crippen LogP contribution is 2.36. The lowest BCUT2D eigenvalue weighted by Crippen LogP contribution is -2.35. The standard InChI is InChI=1S/C18H24N2O3S/c1-13-8-10-16(11-9-13)17-7-5-4-6-12-20(17)24(21,22)18-14(2)19-23-15(18)3/h8-11,17H,4-7,12H2,1-3H3/t17-/m1/s1. The second-order valence-corrected chi connectivity index (χ2v) is 8.37. The molecule has 0 bridgehead atoms. The Hall–Kier alpha value is -1.66. The number of aromatic nitrogens is 1. The first-order valence-corrected chi connectivity index (χ1v) is 9.86. The van der Waals surface area contributed by atoms with Crippen molar-refractivity contribution < 1.29 is 12.9 Å². The Labute approximate surface area is 143 Å². The fourth-order valence-corrected chi connectivity index (χ4v) is 5.43. The third kappa shape index (κ3) is 3.13. The molecule has 24 heavy (non-hydrogen) atoms. The highest BCUT2D eigenvalue weighted by Gasteiger charge is 2.36. The first-order chi connectivity index (χ1) is 11.4. The van der Waals surface area contributed by atoms with Crippen molar-refractivity contribution in [3.63, 3.8) is 0 Å². The fraction of sp³-hybridized carbons (Fsp3) is 0.500. The quantitative estimate of drug-likeness (QED) is 0.844. The van der Waals surface area contributed by atoms with Gasteiger partial charge in [-0.15, -0.1) is 0 Å². The molecule has 2 heterocycles. The minimum Gasteiger partial charge on any atom is -0.360 e. The summed E-state index contributed by atoms with van der Waals surface area (Å²) < 4.78 is 33.4. The van der Waals surface area contributed by atoms with E-state index in [1.54, 1.807) is 18.2 Å². The summed E-state index contributed by atoms with van der Waals surface area (Å²) in [6.45, 7) is 5.91. The molecule has 1 saturated heterocycles. The Morgan fingerprint density at radius 2 is 1.79 bits per heavy atom. The van der Waals surface area contributed by atoms with Crippen LogP contribution in [-0.2, 0) is 10.0 Å². The van der Waals surface area contributed by atoms with Gasteiger partial charge in [-0.2, -0.15) is 4.31 Å². The van der Waals surface area contributed by atoms with E-state index in [2.05, 4.69) is 5.16 Å². The van der Waals surface area contributed by atoms with E-state index in [0.717, 1.165) is 31.2 Å². The zero-order valence-electron chi connectivity index (χ0n) is 14.4. The van der Waals surface area contributed by atoms with Crippen LogP contribution in [0.15, 0.2) is 33.7 Å². The van der Waals surface area contributed by atoms with Gasteiger partial charge in [0.2, 0.25) is 10.0 Å². The SMILES string of the molecule is Cc1ccc([C@H]2CCCCCN2S(=O)(=O)c2c(C)noc2C)cc1. The summed E-state index contributed by atoms with van der Waals surface area (Å²) in [5, 5.41) is 3.83. The number of sulfonamides is 1. The van der Waals surface area contributed by atoms with Gasteiger partial charge in [0.15, 0.2) is 5.76 Å². The number of hydrogen-bond donors (Lipinski definition) is 0. The molecule has 0 spiro atoms. The van der Waals surface area contributed by atoms with Crippen molar-refractivity contribution in [2.24, 2.45) is 0 Å². The molecule has 1 aromatic carbocycles. The summed E-state index contributed by atoms with van der Waals surface area (Å²) in [6, 6.07) is 8.04. The van der Waals surface area contributed by atoms with Gasteiger partial charge < -0.3 is 4.52 Å². The molecule has 6 heteroatoms. The molecule has 1 atom stereocenters. The predicted molar refractivity (Wildman–Crippen MR) is 92.3 cm³/mol. The maximum Gasteiger partial charge on any atom is 0.249 e. The Bertz CT molecular complexity index is 790. The van der Waals surface area contributed by atoms with Crippen molar-refractivity contribution in [1.29, 1.82) is 0 Å². The fourth-order valence-electron chi connectivity index (χ4n) is 3.45. The van der Waals surface area contributed by atoms with Crippen molar-refractivity contribution in [3.8, 4) is 0 Å². The lowest BCUT2D eigenvalue weighted by Gasteiger charge is -2.29. The highest BCUT2D eigenvalue weighted by molar-refractivity contribution is 7.89. The molecule has 0 unspecified atom stereocenters. The lowest BCUT2D eigenvalue weighted by atomic mass is 10.0. The Morgan fingerprint density at radius 1 is 1.08 bits per heavy atom. The molecule has 1 aliphatic rings. The van der Waals surface area contributed by atoms with Crippen LogP contribution in [0.2, 0.25) is 0 Å². The normalized spacial score (nSPS) is 20.0. The van der Waals surface area contributed by atoms with Gasteiger partial charge in [-0.05, 0) is 39.2 Å². The monoisotopic (exact) mass is 348 g/mol. The van der Waals surface area contributed by atoms with E-state index in [-0.39, 0.29) is 10.9 Å². The molecule has 1 aliphatic heterocycles. The molecule has 0 radical (unpaired) electrons. The predicted octanol–water partition coefficient (Wildman–Crippen LogP) is 3.91. The van der Waals surface area contributed by atoms with Crippen molar-refractivity contribution >= 4 is 10.0 Å². The number of aryl methyl sites for hydroxylation is 3. The summed E-state index contributed by atoms with van der Waals surface area (Å²) in [6.07, 6.45) is 3.80. The molecule has 1 fully saturated rings. The molecule has 3 rings (SSSR count). The highest BCUT2D eigenvalue weighted by atomic mass is 32.2. The molecule has 130 valence electrons. The summed E-state index contributed by atoms with van der Waals surface area (Å²) in [7, 11) is -3.63. The number of nitrogens with zero attached hydrogens (tertiary/aromatic N) is 2. The van der Waals surface area contributed by atoms with Crippen LogP contribution in [0.25, 0.3) is 0 Å². The van der Waals surface area contributed by atoms with Crippen LogP contribution in [0, 0.1) is 20.8 Å².